The Hall–Kier alpha value is -2.32. The minimum Gasteiger partial charge on any atom is -0.493 e. The molecule has 0 radical (unpaired) electrons. The minimum atomic E-state index is -0.794. The fourth-order valence-corrected chi connectivity index (χ4v) is 2.75. The average Bonchev–Trinajstić information content (AvgIpc) is 2.64. The summed E-state index contributed by atoms with van der Waals surface area (Å²) in [6.07, 6.45) is -0.794. The second-order valence-electron chi connectivity index (χ2n) is 6.45. The van der Waals surface area contributed by atoms with Crippen molar-refractivity contribution in [3.63, 3.8) is 0 Å². The molecule has 8 nitrogen and oxygen atoms in total. The van der Waals surface area contributed by atoms with E-state index >= 15 is 0 Å². The molecule has 2 atom stereocenters. The number of likely N-dealkylation sites (N-methyl/N-ethyl adjacent to an activating group) is 2. The van der Waals surface area contributed by atoms with Crippen LogP contribution in [-0.4, -0.2) is 82.8 Å². The summed E-state index contributed by atoms with van der Waals surface area (Å²) in [6.45, 7) is 1.17. The number of nitrogens with zero attached hydrogens (tertiary/aromatic N) is 2. The van der Waals surface area contributed by atoms with Crippen LogP contribution in [0.25, 0.3) is 0 Å². The number of carbonyl (C=O) groups excluding carboxylic acids is 2. The number of carbonyl (C=O) groups is 2. The van der Waals surface area contributed by atoms with Gasteiger partial charge in [-0.15, -0.1) is 0 Å². The molecule has 0 spiro atoms. The number of benzene rings is 1. The zero-order valence-corrected chi connectivity index (χ0v) is 15.9. The molecule has 0 aliphatic carbocycles. The number of nitrogens with one attached hydrogen (secondary N) is 1. The molecular formula is C18H27N3O5. The van der Waals surface area contributed by atoms with Crippen LogP contribution >= 0.6 is 0 Å². The third-order valence-corrected chi connectivity index (χ3v) is 4.28. The van der Waals surface area contributed by atoms with E-state index in [4.69, 9.17) is 14.2 Å². The second-order valence-corrected chi connectivity index (χ2v) is 6.45. The smallest absolute Gasteiger partial charge is 0.254 e. The molecule has 0 saturated carbocycles. The van der Waals surface area contributed by atoms with Crippen LogP contribution in [0.1, 0.15) is 11.6 Å². The largest absolute Gasteiger partial charge is 0.493 e. The van der Waals surface area contributed by atoms with E-state index in [1.165, 1.54) is 7.11 Å². The molecule has 0 aromatic heterocycles. The predicted molar refractivity (Wildman–Crippen MR) is 96.4 cm³/mol. The average molecular weight is 365 g/mol. The highest BCUT2D eigenvalue weighted by Crippen LogP contribution is 2.32. The maximum atomic E-state index is 12.9. The molecular weight excluding hydrogens is 338 g/mol. The van der Waals surface area contributed by atoms with E-state index in [9.17, 15) is 9.59 Å². The Morgan fingerprint density at radius 2 is 1.88 bits per heavy atom. The molecule has 2 rings (SSSR count). The first-order valence-electron chi connectivity index (χ1n) is 8.40. The summed E-state index contributed by atoms with van der Waals surface area (Å²) in [5.74, 6) is 0.665. The fourth-order valence-electron chi connectivity index (χ4n) is 2.75. The summed E-state index contributed by atoms with van der Waals surface area (Å²) in [5, 5.41) is 2.85. The van der Waals surface area contributed by atoms with E-state index in [1.54, 1.807) is 37.3 Å². The number of hydrogen-bond acceptors (Lipinski definition) is 6. The number of hydrogen-bond donors (Lipinski definition) is 1. The molecule has 1 N–H and O–H groups in total. The lowest BCUT2D eigenvalue weighted by molar-refractivity contribution is -0.154. The van der Waals surface area contributed by atoms with Crippen LogP contribution < -0.4 is 14.8 Å². The lowest BCUT2D eigenvalue weighted by Gasteiger charge is -2.34. The molecule has 1 aliphatic rings. The zero-order chi connectivity index (χ0) is 19.3. The SMILES string of the molecule is COc1ccc([C@H]2NC(=O)CO[C@@H]2C(=O)N(C)CCN(C)C)cc1OC. The van der Waals surface area contributed by atoms with Gasteiger partial charge in [-0.25, -0.2) is 0 Å². The third kappa shape index (κ3) is 4.64. The highest BCUT2D eigenvalue weighted by atomic mass is 16.5. The van der Waals surface area contributed by atoms with Crippen LogP contribution in [0.15, 0.2) is 18.2 Å². The van der Waals surface area contributed by atoms with Gasteiger partial charge >= 0.3 is 0 Å². The molecule has 0 bridgehead atoms. The highest BCUT2D eigenvalue weighted by molar-refractivity contribution is 5.86. The van der Waals surface area contributed by atoms with Crippen molar-refractivity contribution < 1.29 is 23.8 Å². The first kappa shape index (κ1) is 20.0. The van der Waals surface area contributed by atoms with Crippen LogP contribution in [0.3, 0.4) is 0 Å². The van der Waals surface area contributed by atoms with Gasteiger partial charge in [-0.3, -0.25) is 9.59 Å². The van der Waals surface area contributed by atoms with Gasteiger partial charge in [0.25, 0.3) is 5.91 Å². The number of methoxy groups -OCH3 is 2. The maximum absolute atomic E-state index is 12.9. The highest BCUT2D eigenvalue weighted by Gasteiger charge is 2.37. The van der Waals surface area contributed by atoms with Gasteiger partial charge in [0.05, 0.1) is 20.3 Å². The van der Waals surface area contributed by atoms with Gasteiger partial charge in [0.1, 0.15) is 6.61 Å². The van der Waals surface area contributed by atoms with Crippen LogP contribution in [0.4, 0.5) is 0 Å². The Morgan fingerprint density at radius 3 is 2.50 bits per heavy atom. The van der Waals surface area contributed by atoms with Crippen molar-refractivity contribution in [2.45, 2.75) is 12.1 Å². The summed E-state index contributed by atoms with van der Waals surface area (Å²) in [4.78, 5) is 28.3. The van der Waals surface area contributed by atoms with Crippen molar-refractivity contribution in [1.82, 2.24) is 15.1 Å². The van der Waals surface area contributed by atoms with Crippen molar-refractivity contribution in [1.29, 1.82) is 0 Å². The number of morpholine rings is 1. The molecule has 1 heterocycles. The van der Waals surface area contributed by atoms with Crippen LogP contribution in [-0.2, 0) is 14.3 Å². The van der Waals surface area contributed by atoms with Crippen molar-refractivity contribution in [2.75, 3.05) is 55.1 Å². The van der Waals surface area contributed by atoms with E-state index in [-0.39, 0.29) is 18.4 Å². The second kappa shape index (κ2) is 8.86. The molecule has 26 heavy (non-hydrogen) atoms. The van der Waals surface area contributed by atoms with Crippen molar-refractivity contribution in [3.8, 4) is 11.5 Å². The van der Waals surface area contributed by atoms with Gasteiger partial charge in [-0.2, -0.15) is 0 Å². The minimum absolute atomic E-state index is 0.137. The fraction of sp³-hybridized carbons (Fsp3) is 0.556. The number of amides is 2. The van der Waals surface area contributed by atoms with Crippen LogP contribution in [0.2, 0.25) is 0 Å². The molecule has 8 heteroatoms. The van der Waals surface area contributed by atoms with Crippen LogP contribution in [0.5, 0.6) is 11.5 Å². The van der Waals surface area contributed by atoms with Gasteiger partial charge in [-0.1, -0.05) is 6.07 Å². The van der Waals surface area contributed by atoms with Crippen molar-refractivity contribution >= 4 is 11.8 Å². The van der Waals surface area contributed by atoms with Gasteiger partial charge in [0, 0.05) is 20.1 Å². The molecule has 1 aromatic carbocycles. The quantitative estimate of drug-likeness (QED) is 0.748. The third-order valence-electron chi connectivity index (χ3n) is 4.28. The first-order valence-corrected chi connectivity index (χ1v) is 8.40. The summed E-state index contributed by atoms with van der Waals surface area (Å²) >= 11 is 0. The van der Waals surface area contributed by atoms with Gasteiger partial charge < -0.3 is 29.3 Å². The lowest BCUT2D eigenvalue weighted by Crippen LogP contribution is -2.53. The Labute approximate surface area is 154 Å². The Morgan fingerprint density at radius 1 is 1.19 bits per heavy atom. The Kier molecular flexibility index (Phi) is 6.82. The van der Waals surface area contributed by atoms with E-state index < -0.39 is 12.1 Å². The monoisotopic (exact) mass is 365 g/mol. The van der Waals surface area contributed by atoms with Crippen molar-refractivity contribution in [2.24, 2.45) is 0 Å². The lowest BCUT2D eigenvalue weighted by atomic mass is 9.98. The summed E-state index contributed by atoms with van der Waals surface area (Å²) in [5.41, 5.74) is 0.718. The predicted octanol–water partition coefficient (Wildman–Crippen LogP) is 0.280. The maximum Gasteiger partial charge on any atom is 0.254 e. The van der Waals surface area contributed by atoms with Gasteiger partial charge in [-0.05, 0) is 31.8 Å². The molecule has 1 saturated heterocycles. The normalized spacial score (nSPS) is 19.8. The summed E-state index contributed by atoms with van der Waals surface area (Å²) in [6, 6.07) is 4.69. The molecule has 1 aromatic rings. The van der Waals surface area contributed by atoms with E-state index in [2.05, 4.69) is 5.32 Å². The molecule has 2 amide bonds. The van der Waals surface area contributed by atoms with Gasteiger partial charge in [0.2, 0.25) is 5.91 Å². The van der Waals surface area contributed by atoms with Gasteiger partial charge in [0.15, 0.2) is 17.6 Å². The zero-order valence-electron chi connectivity index (χ0n) is 15.9. The Bertz CT molecular complexity index is 650. The number of ether oxygens (including phenoxy) is 3. The molecule has 1 aliphatic heterocycles. The molecule has 1 fully saturated rings. The number of rotatable bonds is 7. The van der Waals surface area contributed by atoms with E-state index in [0.717, 1.165) is 12.1 Å². The molecule has 0 unspecified atom stereocenters. The molecule has 144 valence electrons. The van der Waals surface area contributed by atoms with E-state index in [1.807, 2.05) is 19.0 Å². The topological polar surface area (TPSA) is 80.3 Å². The van der Waals surface area contributed by atoms with Crippen molar-refractivity contribution in [3.05, 3.63) is 23.8 Å². The first-order chi connectivity index (χ1) is 12.4. The summed E-state index contributed by atoms with van der Waals surface area (Å²) in [7, 11) is 8.71. The van der Waals surface area contributed by atoms with Crippen LogP contribution in [0, 0.1) is 0 Å². The summed E-state index contributed by atoms with van der Waals surface area (Å²) < 4.78 is 16.2. The standard InChI is InChI=1S/C18H27N3O5/c1-20(2)8-9-21(3)18(23)17-16(19-15(22)11-26-17)12-6-7-13(24-4)14(10-12)25-5/h6-7,10,16-17H,8-9,11H2,1-5H3,(H,19,22)/t16-,17+/m1/s1. The van der Waals surface area contributed by atoms with E-state index in [0.29, 0.717) is 18.0 Å². The Balaban J connectivity index is 2.25.